The average Bonchev–Trinajstić information content (AvgIpc) is 3.40. The van der Waals surface area contributed by atoms with E-state index in [-0.39, 0.29) is 24.7 Å². The van der Waals surface area contributed by atoms with Crippen LogP contribution in [0.3, 0.4) is 0 Å². The Balaban J connectivity index is 1.32. The molecule has 2 aliphatic heterocycles. The van der Waals surface area contributed by atoms with Crippen LogP contribution >= 0.6 is 0 Å². The number of rotatable bonds is 12. The van der Waals surface area contributed by atoms with Crippen LogP contribution in [0.25, 0.3) is 0 Å². The fourth-order valence-corrected chi connectivity index (χ4v) is 4.72. The van der Waals surface area contributed by atoms with Gasteiger partial charge >= 0.3 is 0 Å². The topological polar surface area (TPSA) is 98.5 Å². The molecule has 1 amide bonds. The smallest absolute Gasteiger partial charge is 0.223 e. The number of nitrogens with one attached hydrogen (secondary N) is 2. The van der Waals surface area contributed by atoms with Gasteiger partial charge < -0.3 is 34.3 Å². The van der Waals surface area contributed by atoms with E-state index in [0.717, 1.165) is 31.5 Å². The molecule has 2 aromatic carbocycles. The molecule has 194 valence electrons. The molecule has 0 unspecified atom stereocenters. The van der Waals surface area contributed by atoms with Crippen molar-refractivity contribution in [2.45, 2.75) is 51.2 Å². The zero-order valence-electron chi connectivity index (χ0n) is 21.0. The van der Waals surface area contributed by atoms with Crippen LogP contribution in [0.15, 0.2) is 42.5 Å². The summed E-state index contributed by atoms with van der Waals surface area (Å²) in [5, 5.41) is 14.3. The number of likely N-dealkylation sites (tertiary alicyclic amines) is 1. The van der Waals surface area contributed by atoms with Gasteiger partial charge in [0.25, 0.3) is 0 Å². The zero-order chi connectivity index (χ0) is 25.3. The summed E-state index contributed by atoms with van der Waals surface area (Å²) in [6, 6.07) is 12.6. The quantitative estimate of drug-likeness (QED) is 0.413. The second kappa shape index (κ2) is 12.7. The largest absolute Gasteiger partial charge is 0.493 e. The van der Waals surface area contributed by atoms with Crippen LogP contribution < -0.4 is 24.4 Å². The molecule has 2 atom stereocenters. The van der Waals surface area contributed by atoms with Crippen molar-refractivity contribution in [3.8, 4) is 17.2 Å². The maximum absolute atomic E-state index is 12.8. The first-order chi connectivity index (χ1) is 17.5. The van der Waals surface area contributed by atoms with Crippen LogP contribution in [-0.2, 0) is 16.0 Å². The molecule has 0 saturated carbocycles. The van der Waals surface area contributed by atoms with E-state index in [2.05, 4.69) is 5.32 Å². The Kier molecular flexibility index (Phi) is 9.19. The average molecular weight is 498 g/mol. The number of benzene rings is 2. The van der Waals surface area contributed by atoms with Gasteiger partial charge in [0.15, 0.2) is 11.5 Å². The molecule has 8 heteroatoms. The highest BCUT2D eigenvalue weighted by atomic mass is 16.6. The highest BCUT2D eigenvalue weighted by Gasteiger charge is 2.30. The lowest BCUT2D eigenvalue weighted by Crippen LogP contribution is -3.11. The van der Waals surface area contributed by atoms with Gasteiger partial charge in [-0.25, -0.2) is 0 Å². The highest BCUT2D eigenvalue weighted by molar-refractivity contribution is 5.76. The van der Waals surface area contributed by atoms with Crippen molar-refractivity contribution >= 4 is 11.7 Å². The first-order valence-corrected chi connectivity index (χ1v) is 12.9. The molecular weight excluding hydrogens is 460 g/mol. The Morgan fingerprint density at radius 2 is 1.75 bits per heavy atom. The number of Topliss-reactive ketones (excluding diaryl/α,β-unsaturated/α-hetero) is 1. The van der Waals surface area contributed by atoms with Gasteiger partial charge in [-0.05, 0) is 48.7 Å². The number of hydrogen-bond acceptors (Lipinski definition) is 6. The molecule has 4 rings (SSSR count). The highest BCUT2D eigenvalue weighted by Crippen LogP contribution is 2.33. The Labute approximate surface area is 212 Å². The predicted octanol–water partition coefficient (Wildman–Crippen LogP) is 1.65. The fourth-order valence-electron chi connectivity index (χ4n) is 4.72. The Hall–Kier alpha value is -3.10. The molecule has 1 saturated heterocycles. The maximum Gasteiger partial charge on any atom is 0.223 e. The summed E-state index contributed by atoms with van der Waals surface area (Å²) in [5.74, 6) is 1.99. The second-order valence-electron chi connectivity index (χ2n) is 9.63. The first kappa shape index (κ1) is 26.0. The van der Waals surface area contributed by atoms with E-state index in [4.69, 9.17) is 14.2 Å². The van der Waals surface area contributed by atoms with E-state index in [1.807, 2.05) is 36.4 Å². The van der Waals surface area contributed by atoms with Crippen molar-refractivity contribution < 1.29 is 33.8 Å². The summed E-state index contributed by atoms with van der Waals surface area (Å²) in [5.41, 5.74) is 1.78. The van der Waals surface area contributed by atoms with Gasteiger partial charge in [-0.15, -0.1) is 0 Å². The molecule has 8 nitrogen and oxygen atoms in total. The van der Waals surface area contributed by atoms with Gasteiger partial charge in [0, 0.05) is 19.3 Å². The number of amides is 1. The van der Waals surface area contributed by atoms with Crippen LogP contribution in [0.1, 0.15) is 49.8 Å². The molecule has 0 spiro atoms. The van der Waals surface area contributed by atoms with Crippen LogP contribution in [0.5, 0.6) is 17.2 Å². The normalized spacial score (nSPS) is 16.8. The number of carbonyl (C=O) groups is 2. The number of fused-ring (bicyclic) bond motifs is 1. The van der Waals surface area contributed by atoms with E-state index in [1.54, 1.807) is 13.0 Å². The van der Waals surface area contributed by atoms with Gasteiger partial charge in [0.1, 0.15) is 43.4 Å². The minimum atomic E-state index is -0.860. The predicted molar refractivity (Wildman–Crippen MR) is 135 cm³/mol. The van der Waals surface area contributed by atoms with Crippen molar-refractivity contribution in [3.05, 3.63) is 53.6 Å². The number of ether oxygens (including phenoxy) is 3. The second-order valence-corrected chi connectivity index (χ2v) is 9.63. The molecule has 0 bridgehead atoms. The van der Waals surface area contributed by atoms with Crippen molar-refractivity contribution in [2.24, 2.45) is 0 Å². The number of ketones is 1. The summed E-state index contributed by atoms with van der Waals surface area (Å²) in [6.07, 6.45) is 2.89. The lowest BCUT2D eigenvalue weighted by Gasteiger charge is -2.27. The van der Waals surface area contributed by atoms with Crippen LogP contribution in [0, 0.1) is 0 Å². The molecule has 2 aliphatic rings. The van der Waals surface area contributed by atoms with E-state index >= 15 is 0 Å². The number of aliphatic hydroxyl groups is 1. The summed E-state index contributed by atoms with van der Waals surface area (Å²) in [6.45, 7) is 5.57. The van der Waals surface area contributed by atoms with Gasteiger partial charge in [-0.1, -0.05) is 18.2 Å². The third kappa shape index (κ3) is 7.45. The summed E-state index contributed by atoms with van der Waals surface area (Å²) < 4.78 is 17.0. The van der Waals surface area contributed by atoms with Gasteiger partial charge in [-0.3, -0.25) is 4.79 Å². The molecular formula is C28H37N2O6+. The Morgan fingerprint density at radius 3 is 2.47 bits per heavy atom. The summed E-state index contributed by atoms with van der Waals surface area (Å²) in [4.78, 5) is 25.3. The lowest BCUT2D eigenvalue weighted by molar-refractivity contribution is -0.889. The van der Waals surface area contributed by atoms with E-state index < -0.39 is 12.1 Å². The summed E-state index contributed by atoms with van der Waals surface area (Å²) in [7, 11) is 0. The van der Waals surface area contributed by atoms with Crippen LogP contribution in [-0.4, -0.2) is 62.3 Å². The molecule has 0 radical (unpaired) electrons. The molecule has 0 aliphatic carbocycles. The van der Waals surface area contributed by atoms with Gasteiger partial charge in [-0.2, -0.15) is 0 Å². The standard InChI is InChI=1S/C28H36N2O6/c1-20(31)4-5-21-6-9-23(10-7-21)34-15-12-27(32)29-24(19-30-13-2-3-14-30)28(33)22-8-11-25-26(18-22)36-17-16-35-25/h6-11,18,24,28,33H,2-5,12-17,19H2,1H3,(H,29,32)/p+1/t24-,28-/m1/s1. The molecule has 36 heavy (non-hydrogen) atoms. The monoisotopic (exact) mass is 497 g/mol. The van der Waals surface area contributed by atoms with Crippen LogP contribution in [0.2, 0.25) is 0 Å². The fraction of sp³-hybridized carbons (Fsp3) is 0.500. The van der Waals surface area contributed by atoms with E-state index in [0.29, 0.717) is 55.4 Å². The molecule has 3 N–H and O–H groups in total. The van der Waals surface area contributed by atoms with Gasteiger partial charge in [0.2, 0.25) is 5.91 Å². The van der Waals surface area contributed by atoms with Crippen molar-refractivity contribution in [2.75, 3.05) is 39.5 Å². The van der Waals surface area contributed by atoms with Crippen molar-refractivity contribution in [3.63, 3.8) is 0 Å². The Morgan fingerprint density at radius 1 is 1.03 bits per heavy atom. The maximum atomic E-state index is 12.8. The van der Waals surface area contributed by atoms with E-state index in [9.17, 15) is 14.7 Å². The number of aliphatic hydroxyl groups excluding tert-OH is 1. The molecule has 2 aromatic rings. The third-order valence-electron chi connectivity index (χ3n) is 6.74. The van der Waals surface area contributed by atoms with Crippen molar-refractivity contribution in [1.82, 2.24) is 5.32 Å². The number of quaternary nitrogens is 1. The minimum Gasteiger partial charge on any atom is -0.493 e. The molecule has 1 fully saturated rings. The zero-order valence-corrected chi connectivity index (χ0v) is 21.0. The first-order valence-electron chi connectivity index (χ1n) is 12.9. The minimum absolute atomic E-state index is 0.159. The Bertz CT molecular complexity index is 1020. The van der Waals surface area contributed by atoms with Crippen molar-refractivity contribution in [1.29, 1.82) is 0 Å². The molecule has 0 aromatic heterocycles. The molecule has 2 heterocycles. The SMILES string of the molecule is CC(=O)CCc1ccc(OCCC(=O)N[C@H](C[NH+]2CCCC2)[C@H](O)c2ccc3c(c2)OCCO3)cc1. The van der Waals surface area contributed by atoms with E-state index in [1.165, 1.54) is 4.90 Å². The number of hydrogen-bond donors (Lipinski definition) is 3. The van der Waals surface area contributed by atoms with Crippen LogP contribution in [0.4, 0.5) is 0 Å². The summed E-state index contributed by atoms with van der Waals surface area (Å²) >= 11 is 0. The number of carbonyl (C=O) groups excluding carboxylic acids is 2. The third-order valence-corrected chi connectivity index (χ3v) is 6.74. The van der Waals surface area contributed by atoms with Gasteiger partial charge in [0.05, 0.1) is 26.1 Å². The number of aryl methyl sites for hydroxylation is 1. The lowest BCUT2D eigenvalue weighted by atomic mass is 10.0.